The molecule has 8 nitrogen and oxygen atoms in total. The van der Waals surface area contributed by atoms with Gasteiger partial charge in [-0.3, -0.25) is 19.2 Å². The molecule has 0 radical (unpaired) electrons. The number of furan rings is 1. The van der Waals surface area contributed by atoms with Crippen molar-refractivity contribution < 1.29 is 9.21 Å². The summed E-state index contributed by atoms with van der Waals surface area (Å²) < 4.78 is 10.0. The lowest BCUT2D eigenvalue weighted by molar-refractivity contribution is -0.117. The Hall–Kier alpha value is -3.53. The maximum Gasteiger partial charge on any atom is 0.238 e. The van der Waals surface area contributed by atoms with Gasteiger partial charge in [0.05, 0.1) is 25.2 Å². The van der Waals surface area contributed by atoms with Gasteiger partial charge in [-0.25, -0.2) is 4.68 Å². The molecule has 9 heteroatoms. The number of carbonyl (C=O) groups is 1. The number of nitrogens with zero attached hydrogens (tertiary/aromatic N) is 5. The molecular formula is C25H26N6O2S. The van der Waals surface area contributed by atoms with E-state index in [9.17, 15) is 4.79 Å². The molecule has 2 aromatic carbocycles. The molecule has 0 bridgehead atoms. The highest BCUT2D eigenvalue weighted by molar-refractivity contribution is 7.71. The highest BCUT2D eigenvalue weighted by atomic mass is 32.1. The third-order valence-electron chi connectivity index (χ3n) is 5.82. The summed E-state index contributed by atoms with van der Waals surface area (Å²) in [5, 5.41) is 7.75. The lowest BCUT2D eigenvalue weighted by Crippen LogP contribution is -2.49. The third-order valence-corrected chi connectivity index (χ3v) is 6.21. The smallest absolute Gasteiger partial charge is 0.238 e. The van der Waals surface area contributed by atoms with Crippen LogP contribution in [0.5, 0.6) is 0 Å². The Morgan fingerprint density at radius 2 is 1.59 bits per heavy atom. The lowest BCUT2D eigenvalue weighted by Gasteiger charge is -2.33. The van der Waals surface area contributed by atoms with Crippen LogP contribution in [0.2, 0.25) is 0 Å². The molecule has 174 valence electrons. The summed E-state index contributed by atoms with van der Waals surface area (Å²) in [5.41, 5.74) is 1.77. The molecule has 1 aliphatic rings. The molecular weight excluding hydrogens is 448 g/mol. The molecule has 0 spiro atoms. The zero-order chi connectivity index (χ0) is 23.3. The molecule has 1 amide bonds. The number of nitrogens with one attached hydrogen (secondary N) is 1. The first-order valence-electron chi connectivity index (χ1n) is 11.3. The monoisotopic (exact) mass is 474 g/mol. The number of hydrogen-bond donors (Lipinski definition) is 1. The summed E-state index contributed by atoms with van der Waals surface area (Å²) in [4.78, 5) is 16.9. The molecule has 4 aromatic rings. The quantitative estimate of drug-likeness (QED) is 0.410. The molecule has 5 rings (SSSR count). The first-order chi connectivity index (χ1) is 16.7. The van der Waals surface area contributed by atoms with Gasteiger partial charge >= 0.3 is 0 Å². The standard InChI is InChI=1S/C25H26N6O2S/c32-23(26-20-8-3-1-4-9-20)18-28-13-15-29(16-14-28)19-30-25(34)31(21-10-5-2-6-11-21)24(27-30)22-12-7-17-33-22/h1-12,17H,13-16,18-19H2,(H,26,32). The van der Waals surface area contributed by atoms with E-state index in [0.29, 0.717) is 29.6 Å². The van der Waals surface area contributed by atoms with Crippen molar-refractivity contribution >= 4 is 23.8 Å². The fraction of sp³-hybridized carbons (Fsp3) is 0.240. The normalized spacial score (nSPS) is 14.8. The van der Waals surface area contributed by atoms with E-state index in [2.05, 4.69) is 15.1 Å². The summed E-state index contributed by atoms with van der Waals surface area (Å²) in [6.07, 6.45) is 1.64. The number of anilines is 1. The van der Waals surface area contributed by atoms with Crippen molar-refractivity contribution in [3.63, 3.8) is 0 Å². The Morgan fingerprint density at radius 3 is 2.26 bits per heavy atom. The summed E-state index contributed by atoms with van der Waals surface area (Å²) >= 11 is 5.81. The Bertz CT molecular complexity index is 1280. The summed E-state index contributed by atoms with van der Waals surface area (Å²) in [5.74, 6) is 1.35. The highest BCUT2D eigenvalue weighted by Crippen LogP contribution is 2.23. The van der Waals surface area contributed by atoms with Crippen molar-refractivity contribution in [2.45, 2.75) is 6.67 Å². The van der Waals surface area contributed by atoms with Crippen LogP contribution in [0.25, 0.3) is 17.3 Å². The van der Waals surface area contributed by atoms with Gasteiger partial charge < -0.3 is 9.73 Å². The van der Waals surface area contributed by atoms with Crippen LogP contribution >= 0.6 is 12.2 Å². The van der Waals surface area contributed by atoms with Gasteiger partial charge in [0, 0.05) is 31.9 Å². The molecule has 34 heavy (non-hydrogen) atoms. The number of carbonyl (C=O) groups excluding carboxylic acids is 1. The number of hydrogen-bond acceptors (Lipinski definition) is 6. The van der Waals surface area contributed by atoms with Crippen LogP contribution in [0.15, 0.2) is 83.5 Å². The van der Waals surface area contributed by atoms with Crippen LogP contribution in [-0.2, 0) is 11.5 Å². The largest absolute Gasteiger partial charge is 0.461 e. The highest BCUT2D eigenvalue weighted by Gasteiger charge is 2.22. The van der Waals surface area contributed by atoms with E-state index >= 15 is 0 Å². The average Bonchev–Trinajstić information content (AvgIpc) is 3.50. The van der Waals surface area contributed by atoms with E-state index in [1.165, 1.54) is 0 Å². The van der Waals surface area contributed by atoms with Crippen LogP contribution in [0, 0.1) is 4.77 Å². The predicted octanol–water partition coefficient (Wildman–Crippen LogP) is 3.88. The summed E-state index contributed by atoms with van der Waals surface area (Å²) in [7, 11) is 0. The first-order valence-corrected chi connectivity index (χ1v) is 11.7. The van der Waals surface area contributed by atoms with Crippen LogP contribution in [0.3, 0.4) is 0 Å². The van der Waals surface area contributed by atoms with Crippen molar-refractivity contribution in [3.8, 4) is 17.3 Å². The number of piperazine rings is 1. The number of rotatable bonds is 7. The van der Waals surface area contributed by atoms with Gasteiger partial charge in [-0.2, -0.15) is 0 Å². The topological polar surface area (TPSA) is 71.5 Å². The molecule has 0 saturated carbocycles. The molecule has 0 aliphatic carbocycles. The van der Waals surface area contributed by atoms with Gasteiger partial charge in [-0.05, 0) is 48.6 Å². The van der Waals surface area contributed by atoms with E-state index in [-0.39, 0.29) is 5.91 Å². The van der Waals surface area contributed by atoms with Gasteiger partial charge in [-0.15, -0.1) is 5.10 Å². The van der Waals surface area contributed by atoms with Gasteiger partial charge in [-0.1, -0.05) is 36.4 Å². The second-order valence-corrected chi connectivity index (χ2v) is 8.57. The molecule has 3 heterocycles. The molecule has 0 atom stereocenters. The Labute approximate surface area is 203 Å². The molecule has 2 aromatic heterocycles. The van der Waals surface area contributed by atoms with Crippen molar-refractivity contribution in [2.75, 3.05) is 38.0 Å². The molecule has 1 aliphatic heterocycles. The second-order valence-electron chi connectivity index (χ2n) is 8.20. The number of aromatic nitrogens is 3. The van der Waals surface area contributed by atoms with Gasteiger partial charge in [0.15, 0.2) is 5.76 Å². The minimum atomic E-state index is 0.00608. The first kappa shape index (κ1) is 22.3. The Morgan fingerprint density at radius 1 is 0.912 bits per heavy atom. The van der Waals surface area contributed by atoms with Gasteiger partial charge in [0.25, 0.3) is 0 Å². The van der Waals surface area contributed by atoms with E-state index < -0.39 is 0 Å². The van der Waals surface area contributed by atoms with Crippen LogP contribution in [-0.4, -0.2) is 62.8 Å². The van der Waals surface area contributed by atoms with Crippen molar-refractivity contribution in [1.29, 1.82) is 0 Å². The third kappa shape index (κ3) is 5.01. The van der Waals surface area contributed by atoms with Crippen molar-refractivity contribution in [2.24, 2.45) is 0 Å². The van der Waals surface area contributed by atoms with E-state index in [1.807, 2.05) is 82.0 Å². The van der Waals surface area contributed by atoms with Crippen LogP contribution in [0.1, 0.15) is 0 Å². The molecule has 1 fully saturated rings. The number of amides is 1. The SMILES string of the molecule is O=C(CN1CCN(Cn2nc(-c3ccco3)n(-c3ccccc3)c2=S)CC1)Nc1ccccc1. The van der Waals surface area contributed by atoms with E-state index in [0.717, 1.165) is 37.6 Å². The predicted molar refractivity (Wildman–Crippen MR) is 133 cm³/mol. The second kappa shape index (κ2) is 10.2. The van der Waals surface area contributed by atoms with Crippen LogP contribution < -0.4 is 5.32 Å². The van der Waals surface area contributed by atoms with Crippen molar-refractivity contribution in [1.82, 2.24) is 24.1 Å². The van der Waals surface area contributed by atoms with Gasteiger partial charge in [0.2, 0.25) is 16.5 Å². The minimum Gasteiger partial charge on any atom is -0.461 e. The maximum atomic E-state index is 12.4. The van der Waals surface area contributed by atoms with Crippen LogP contribution in [0.4, 0.5) is 5.69 Å². The maximum absolute atomic E-state index is 12.4. The minimum absolute atomic E-state index is 0.00608. The zero-order valence-electron chi connectivity index (χ0n) is 18.7. The van der Waals surface area contributed by atoms with E-state index in [4.69, 9.17) is 21.7 Å². The number of benzene rings is 2. The molecule has 1 N–H and O–H groups in total. The lowest BCUT2D eigenvalue weighted by atomic mass is 10.3. The van der Waals surface area contributed by atoms with E-state index in [1.54, 1.807) is 6.26 Å². The molecule has 1 saturated heterocycles. The number of para-hydroxylation sites is 2. The molecule has 0 unspecified atom stereocenters. The zero-order valence-corrected chi connectivity index (χ0v) is 19.5. The Kier molecular flexibility index (Phi) is 6.66. The Balaban J connectivity index is 1.24. The summed E-state index contributed by atoms with van der Waals surface area (Å²) in [6.45, 7) is 4.23. The van der Waals surface area contributed by atoms with Gasteiger partial charge in [0.1, 0.15) is 0 Å². The summed E-state index contributed by atoms with van der Waals surface area (Å²) in [6, 6.07) is 23.2. The average molecular weight is 475 g/mol. The van der Waals surface area contributed by atoms with Crippen molar-refractivity contribution in [3.05, 3.63) is 83.8 Å². The fourth-order valence-electron chi connectivity index (χ4n) is 4.08. The fourth-order valence-corrected chi connectivity index (χ4v) is 4.37.